The fourth-order valence-electron chi connectivity index (χ4n) is 2.18. The van der Waals surface area contributed by atoms with Crippen LogP contribution in [0.15, 0.2) is 24.3 Å². The van der Waals surface area contributed by atoms with Gasteiger partial charge in [-0.25, -0.2) is 0 Å². The Balaban J connectivity index is 1.82. The van der Waals surface area contributed by atoms with E-state index < -0.39 is 0 Å². The van der Waals surface area contributed by atoms with Crippen LogP contribution in [0.5, 0.6) is 0 Å². The predicted molar refractivity (Wildman–Crippen MR) is 82.9 cm³/mol. The zero-order valence-corrected chi connectivity index (χ0v) is 11.9. The van der Waals surface area contributed by atoms with E-state index in [1.807, 2.05) is 12.1 Å². The molecule has 2 rings (SSSR count). The molecule has 1 aromatic rings. The van der Waals surface area contributed by atoms with E-state index in [1.165, 1.54) is 18.5 Å². The number of nitrogens with two attached hydrogens (primary N) is 1. The zero-order chi connectivity index (χ0) is 13.5. The minimum Gasteiger partial charge on any atom is -0.372 e. The van der Waals surface area contributed by atoms with Gasteiger partial charge in [-0.2, -0.15) is 11.8 Å². The van der Waals surface area contributed by atoms with Gasteiger partial charge in [-0.1, -0.05) is 0 Å². The Kier molecular flexibility index (Phi) is 5.54. The molecule has 0 spiro atoms. The monoisotopic (exact) mass is 279 g/mol. The van der Waals surface area contributed by atoms with E-state index >= 15 is 0 Å². The number of benzene rings is 1. The van der Waals surface area contributed by atoms with Crippen molar-refractivity contribution in [3.8, 4) is 0 Å². The van der Waals surface area contributed by atoms with Crippen LogP contribution in [0.3, 0.4) is 0 Å². The van der Waals surface area contributed by atoms with Gasteiger partial charge in [0.1, 0.15) is 0 Å². The lowest BCUT2D eigenvalue weighted by Crippen LogP contribution is -2.18. The first kappa shape index (κ1) is 14.2. The highest BCUT2D eigenvalue weighted by Crippen LogP contribution is 2.22. The van der Waals surface area contributed by atoms with Crippen molar-refractivity contribution < 1.29 is 4.79 Å². The highest BCUT2D eigenvalue weighted by atomic mass is 32.2. The second-order valence-corrected chi connectivity index (χ2v) is 5.74. The number of hydrogen-bond acceptors (Lipinski definition) is 4. The van der Waals surface area contributed by atoms with Crippen molar-refractivity contribution in [2.75, 3.05) is 41.4 Å². The first-order valence-electron chi connectivity index (χ1n) is 6.72. The lowest BCUT2D eigenvalue weighted by atomic mass is 10.2. The molecule has 0 radical (unpaired) electrons. The van der Waals surface area contributed by atoms with E-state index in [0.29, 0.717) is 12.3 Å². The van der Waals surface area contributed by atoms with E-state index in [9.17, 15) is 4.79 Å². The first-order chi connectivity index (χ1) is 9.29. The molecule has 1 aromatic carbocycles. The maximum Gasteiger partial charge on any atom is 0.234 e. The van der Waals surface area contributed by atoms with Crippen LogP contribution in [0.1, 0.15) is 12.8 Å². The van der Waals surface area contributed by atoms with Crippen LogP contribution in [-0.4, -0.2) is 37.0 Å². The van der Waals surface area contributed by atoms with Crippen LogP contribution < -0.4 is 16.0 Å². The number of nitrogens with one attached hydrogen (secondary N) is 1. The van der Waals surface area contributed by atoms with Gasteiger partial charge in [-0.15, -0.1) is 0 Å². The maximum atomic E-state index is 11.6. The molecule has 5 heteroatoms. The van der Waals surface area contributed by atoms with Gasteiger partial charge in [0.2, 0.25) is 5.91 Å². The summed E-state index contributed by atoms with van der Waals surface area (Å²) in [5.41, 5.74) is 7.49. The molecule has 0 saturated carbocycles. The fourth-order valence-corrected chi connectivity index (χ4v) is 2.74. The molecule has 0 unspecified atom stereocenters. The van der Waals surface area contributed by atoms with E-state index in [1.54, 1.807) is 11.8 Å². The molecular weight excluding hydrogens is 258 g/mol. The minimum atomic E-state index is 0.0346. The summed E-state index contributed by atoms with van der Waals surface area (Å²) in [5, 5.41) is 2.90. The van der Waals surface area contributed by atoms with E-state index in [-0.39, 0.29) is 5.91 Å². The number of thioether (sulfide) groups is 1. The molecule has 1 aliphatic heterocycles. The molecule has 1 fully saturated rings. The summed E-state index contributed by atoms with van der Waals surface area (Å²) in [7, 11) is 0. The molecule has 4 nitrogen and oxygen atoms in total. The number of carbonyl (C=O) groups excluding carboxylic acids is 1. The highest BCUT2D eigenvalue weighted by Gasteiger charge is 2.11. The molecule has 0 atom stereocenters. The Hall–Kier alpha value is -1.20. The van der Waals surface area contributed by atoms with Gasteiger partial charge < -0.3 is 16.0 Å². The summed E-state index contributed by atoms with van der Waals surface area (Å²) in [6.07, 6.45) is 2.55. The number of anilines is 2. The van der Waals surface area contributed by atoms with Crippen molar-refractivity contribution >= 4 is 29.0 Å². The molecular formula is C14H21N3OS. The number of carbonyl (C=O) groups is 1. The Morgan fingerprint density at radius 2 is 1.95 bits per heavy atom. The topological polar surface area (TPSA) is 58.4 Å². The van der Waals surface area contributed by atoms with E-state index in [4.69, 9.17) is 5.73 Å². The summed E-state index contributed by atoms with van der Waals surface area (Å²) >= 11 is 1.56. The van der Waals surface area contributed by atoms with E-state index in [0.717, 1.165) is 24.5 Å². The molecule has 0 aliphatic carbocycles. The number of hydrogen-bond donors (Lipinski definition) is 2. The van der Waals surface area contributed by atoms with Gasteiger partial charge in [0.25, 0.3) is 0 Å². The lowest BCUT2D eigenvalue weighted by molar-refractivity contribution is -0.113. The second-order valence-electron chi connectivity index (χ2n) is 4.63. The van der Waals surface area contributed by atoms with Crippen molar-refractivity contribution in [2.45, 2.75) is 12.8 Å². The molecule has 1 aliphatic rings. The highest BCUT2D eigenvalue weighted by molar-refractivity contribution is 7.99. The maximum absolute atomic E-state index is 11.6. The van der Waals surface area contributed by atoms with Crippen LogP contribution in [-0.2, 0) is 4.79 Å². The lowest BCUT2D eigenvalue weighted by Gasteiger charge is -2.17. The second kappa shape index (κ2) is 7.40. The summed E-state index contributed by atoms with van der Waals surface area (Å²) < 4.78 is 0. The summed E-state index contributed by atoms with van der Waals surface area (Å²) in [6.45, 7) is 2.89. The van der Waals surface area contributed by atoms with Gasteiger partial charge in [0, 0.05) is 36.8 Å². The molecule has 1 amide bonds. The average molecular weight is 279 g/mol. The smallest absolute Gasteiger partial charge is 0.234 e. The van der Waals surface area contributed by atoms with Crippen LogP contribution in [0, 0.1) is 0 Å². The molecule has 0 aromatic heterocycles. The minimum absolute atomic E-state index is 0.0346. The summed E-state index contributed by atoms with van der Waals surface area (Å²) in [6, 6.07) is 8.10. The SMILES string of the molecule is NCCSCC(=O)Nc1ccc(N2CCCC2)cc1. The summed E-state index contributed by atoms with van der Waals surface area (Å²) in [5.74, 6) is 1.32. The fraction of sp³-hybridized carbons (Fsp3) is 0.500. The third kappa shape index (κ3) is 4.44. The van der Waals surface area contributed by atoms with Crippen LogP contribution >= 0.6 is 11.8 Å². The molecule has 3 N–H and O–H groups in total. The average Bonchev–Trinajstić information content (AvgIpc) is 2.94. The molecule has 1 heterocycles. The number of rotatable bonds is 6. The largest absolute Gasteiger partial charge is 0.372 e. The van der Waals surface area contributed by atoms with Crippen molar-refractivity contribution in [1.29, 1.82) is 0 Å². The first-order valence-corrected chi connectivity index (χ1v) is 7.88. The van der Waals surface area contributed by atoms with Gasteiger partial charge in [0.05, 0.1) is 5.75 Å². The predicted octanol–water partition coefficient (Wildman–Crippen LogP) is 1.92. The van der Waals surface area contributed by atoms with Crippen LogP contribution in [0.25, 0.3) is 0 Å². The van der Waals surface area contributed by atoms with Crippen molar-refractivity contribution in [2.24, 2.45) is 5.73 Å². The number of amides is 1. The van der Waals surface area contributed by atoms with Crippen molar-refractivity contribution in [3.63, 3.8) is 0 Å². The summed E-state index contributed by atoms with van der Waals surface area (Å²) in [4.78, 5) is 14.0. The third-order valence-electron chi connectivity index (χ3n) is 3.12. The van der Waals surface area contributed by atoms with Crippen LogP contribution in [0.2, 0.25) is 0 Å². The Morgan fingerprint density at radius 3 is 2.58 bits per heavy atom. The third-order valence-corrected chi connectivity index (χ3v) is 4.11. The van der Waals surface area contributed by atoms with Crippen molar-refractivity contribution in [1.82, 2.24) is 0 Å². The number of nitrogens with zero attached hydrogens (tertiary/aromatic N) is 1. The molecule has 19 heavy (non-hydrogen) atoms. The van der Waals surface area contributed by atoms with Crippen molar-refractivity contribution in [3.05, 3.63) is 24.3 Å². The molecule has 104 valence electrons. The standard InChI is InChI=1S/C14H21N3OS/c15-7-10-19-11-14(18)16-12-3-5-13(6-4-12)17-8-1-2-9-17/h3-6H,1-2,7-11,15H2,(H,16,18). The van der Waals surface area contributed by atoms with Gasteiger partial charge in [-0.05, 0) is 37.1 Å². The quantitative estimate of drug-likeness (QED) is 0.781. The molecule has 0 bridgehead atoms. The van der Waals surface area contributed by atoms with Gasteiger partial charge >= 0.3 is 0 Å². The van der Waals surface area contributed by atoms with E-state index in [2.05, 4.69) is 22.3 Å². The van der Waals surface area contributed by atoms with Crippen LogP contribution in [0.4, 0.5) is 11.4 Å². The Labute approximate surface area is 118 Å². The van der Waals surface area contributed by atoms with Gasteiger partial charge in [-0.3, -0.25) is 4.79 Å². The Bertz CT molecular complexity index is 402. The molecule has 1 saturated heterocycles. The van der Waals surface area contributed by atoms with Gasteiger partial charge in [0.15, 0.2) is 0 Å². The normalized spacial score (nSPS) is 14.7. The Morgan fingerprint density at radius 1 is 1.26 bits per heavy atom. The zero-order valence-electron chi connectivity index (χ0n) is 11.1.